The molecule has 1 fully saturated rings. The molecule has 94 valence electrons. The molecule has 16 heavy (non-hydrogen) atoms. The van der Waals surface area contributed by atoms with Gasteiger partial charge in [-0.1, -0.05) is 11.6 Å². The summed E-state index contributed by atoms with van der Waals surface area (Å²) in [6, 6.07) is 0. The molecule has 0 saturated heterocycles. The average molecular weight is 229 g/mol. The molecule has 0 aromatic rings. The Balaban J connectivity index is 2.24. The molecule has 0 radical (unpaired) electrons. The zero-order valence-electron chi connectivity index (χ0n) is 10.1. The molecule has 0 heterocycles. The second-order valence-electron chi connectivity index (χ2n) is 4.43. The lowest BCUT2D eigenvalue weighted by Crippen LogP contribution is -2.37. The molecule has 1 aliphatic rings. The van der Waals surface area contributed by atoms with Gasteiger partial charge < -0.3 is 20.6 Å². The maximum atomic E-state index is 8.48. The van der Waals surface area contributed by atoms with Gasteiger partial charge in [-0.25, -0.2) is 0 Å². The van der Waals surface area contributed by atoms with Gasteiger partial charge in [-0.05, 0) is 18.8 Å². The van der Waals surface area contributed by atoms with Gasteiger partial charge in [0, 0.05) is 33.2 Å². The third-order valence-electron chi connectivity index (χ3n) is 3.17. The maximum Gasteiger partial charge on any atom is 0.140 e. The second kappa shape index (κ2) is 7.46. The second-order valence-corrected chi connectivity index (χ2v) is 4.43. The zero-order chi connectivity index (χ0) is 11.8. The fraction of sp³-hybridized carbons (Fsp3) is 0.909. The van der Waals surface area contributed by atoms with Crippen LogP contribution in [0, 0.1) is 5.92 Å². The summed E-state index contributed by atoms with van der Waals surface area (Å²) in [5, 5.41) is 11.5. The molecular formula is C11H23N3O2. The molecule has 0 atom stereocenters. The molecule has 5 heteroatoms. The van der Waals surface area contributed by atoms with Crippen LogP contribution in [-0.2, 0) is 4.74 Å². The van der Waals surface area contributed by atoms with Crippen LogP contribution in [0.2, 0.25) is 0 Å². The van der Waals surface area contributed by atoms with Gasteiger partial charge >= 0.3 is 0 Å². The standard InChI is InChI=1S/C11H23N3O2/c1-16-8-7-14(6-5-11(12)13-15)9-10-3-2-4-10/h10,15H,2-9H2,1H3,(H2,12,13). The SMILES string of the molecule is COCCN(CCC(N)=NO)CC1CCC1. The van der Waals surface area contributed by atoms with Crippen molar-refractivity contribution in [1.29, 1.82) is 0 Å². The van der Waals surface area contributed by atoms with E-state index < -0.39 is 0 Å². The molecule has 0 amide bonds. The van der Waals surface area contributed by atoms with Crippen LogP contribution in [0.5, 0.6) is 0 Å². The van der Waals surface area contributed by atoms with E-state index in [0.29, 0.717) is 12.3 Å². The van der Waals surface area contributed by atoms with Crippen molar-refractivity contribution in [3.05, 3.63) is 0 Å². The maximum absolute atomic E-state index is 8.48. The van der Waals surface area contributed by atoms with E-state index in [-0.39, 0.29) is 0 Å². The van der Waals surface area contributed by atoms with Crippen molar-refractivity contribution < 1.29 is 9.94 Å². The number of methoxy groups -OCH3 is 1. The van der Waals surface area contributed by atoms with Crippen LogP contribution in [0.4, 0.5) is 0 Å². The van der Waals surface area contributed by atoms with Crippen molar-refractivity contribution in [3.63, 3.8) is 0 Å². The molecule has 0 unspecified atom stereocenters. The highest BCUT2D eigenvalue weighted by atomic mass is 16.5. The van der Waals surface area contributed by atoms with Crippen LogP contribution in [0.25, 0.3) is 0 Å². The summed E-state index contributed by atoms with van der Waals surface area (Å²) in [6.45, 7) is 3.62. The minimum atomic E-state index is 0.302. The predicted octanol–water partition coefficient (Wildman–Crippen LogP) is 0.871. The summed E-state index contributed by atoms with van der Waals surface area (Å²) in [6.07, 6.45) is 4.66. The Morgan fingerprint density at radius 2 is 2.25 bits per heavy atom. The molecule has 5 nitrogen and oxygen atoms in total. The highest BCUT2D eigenvalue weighted by Crippen LogP contribution is 2.26. The van der Waals surface area contributed by atoms with Crippen LogP contribution >= 0.6 is 0 Å². The van der Waals surface area contributed by atoms with Crippen molar-refractivity contribution in [2.24, 2.45) is 16.8 Å². The minimum Gasteiger partial charge on any atom is -0.409 e. The molecule has 1 rings (SSSR count). The first kappa shape index (κ1) is 13.3. The Labute approximate surface area is 97.2 Å². The van der Waals surface area contributed by atoms with Gasteiger partial charge in [0.2, 0.25) is 0 Å². The van der Waals surface area contributed by atoms with Gasteiger partial charge in [0.25, 0.3) is 0 Å². The number of hydrogen-bond donors (Lipinski definition) is 2. The highest BCUT2D eigenvalue weighted by molar-refractivity contribution is 5.79. The molecule has 1 aliphatic carbocycles. The fourth-order valence-electron chi connectivity index (χ4n) is 1.88. The van der Waals surface area contributed by atoms with Gasteiger partial charge in [0.15, 0.2) is 0 Å². The van der Waals surface area contributed by atoms with Crippen LogP contribution < -0.4 is 5.73 Å². The van der Waals surface area contributed by atoms with Crippen molar-refractivity contribution in [1.82, 2.24) is 4.90 Å². The number of nitrogens with two attached hydrogens (primary N) is 1. The number of nitrogens with zero attached hydrogens (tertiary/aromatic N) is 2. The lowest BCUT2D eigenvalue weighted by atomic mass is 9.85. The Hall–Kier alpha value is -0.810. The molecule has 0 spiro atoms. The van der Waals surface area contributed by atoms with Crippen LogP contribution in [0.3, 0.4) is 0 Å². The molecule has 1 saturated carbocycles. The summed E-state index contributed by atoms with van der Waals surface area (Å²) in [5.41, 5.74) is 5.47. The van der Waals surface area contributed by atoms with E-state index in [1.165, 1.54) is 19.3 Å². The molecule has 0 aliphatic heterocycles. The Morgan fingerprint density at radius 1 is 1.50 bits per heavy atom. The van der Waals surface area contributed by atoms with Crippen LogP contribution in [0.15, 0.2) is 5.16 Å². The monoisotopic (exact) mass is 229 g/mol. The van der Waals surface area contributed by atoms with E-state index in [0.717, 1.165) is 32.2 Å². The summed E-state index contributed by atoms with van der Waals surface area (Å²) in [5.74, 6) is 1.14. The Morgan fingerprint density at radius 3 is 2.75 bits per heavy atom. The first-order chi connectivity index (χ1) is 7.76. The Bertz CT molecular complexity index is 217. The van der Waals surface area contributed by atoms with E-state index in [1.54, 1.807) is 7.11 Å². The first-order valence-corrected chi connectivity index (χ1v) is 5.94. The minimum absolute atomic E-state index is 0.302. The highest BCUT2D eigenvalue weighted by Gasteiger charge is 2.20. The molecular weight excluding hydrogens is 206 g/mol. The smallest absolute Gasteiger partial charge is 0.140 e. The van der Waals surface area contributed by atoms with Crippen LogP contribution in [0.1, 0.15) is 25.7 Å². The average Bonchev–Trinajstić information content (AvgIpc) is 2.25. The third-order valence-corrected chi connectivity index (χ3v) is 3.17. The van der Waals surface area contributed by atoms with Gasteiger partial charge in [0.05, 0.1) is 6.61 Å². The molecule has 0 bridgehead atoms. The van der Waals surface area contributed by atoms with E-state index in [1.807, 2.05) is 0 Å². The number of ether oxygens (including phenoxy) is 1. The summed E-state index contributed by atoms with van der Waals surface area (Å²) >= 11 is 0. The van der Waals surface area contributed by atoms with E-state index in [4.69, 9.17) is 15.7 Å². The quantitative estimate of drug-likeness (QED) is 0.280. The number of hydrogen-bond acceptors (Lipinski definition) is 4. The normalized spacial score (nSPS) is 17.8. The van der Waals surface area contributed by atoms with E-state index in [9.17, 15) is 0 Å². The topological polar surface area (TPSA) is 71.1 Å². The predicted molar refractivity (Wildman–Crippen MR) is 63.7 cm³/mol. The largest absolute Gasteiger partial charge is 0.409 e. The lowest BCUT2D eigenvalue weighted by Gasteiger charge is -2.32. The van der Waals surface area contributed by atoms with Gasteiger partial charge in [-0.2, -0.15) is 0 Å². The van der Waals surface area contributed by atoms with Crippen molar-refractivity contribution in [2.45, 2.75) is 25.7 Å². The van der Waals surface area contributed by atoms with Gasteiger partial charge in [-0.3, -0.25) is 0 Å². The molecule has 3 N–H and O–H groups in total. The third kappa shape index (κ3) is 4.81. The number of oxime groups is 1. The number of rotatable bonds is 8. The summed E-state index contributed by atoms with van der Waals surface area (Å²) < 4.78 is 5.09. The van der Waals surface area contributed by atoms with Crippen molar-refractivity contribution in [2.75, 3.05) is 33.4 Å². The van der Waals surface area contributed by atoms with Crippen LogP contribution in [-0.4, -0.2) is 49.3 Å². The molecule has 0 aromatic carbocycles. The van der Waals surface area contributed by atoms with Gasteiger partial charge in [-0.15, -0.1) is 0 Å². The number of amidine groups is 1. The fourth-order valence-corrected chi connectivity index (χ4v) is 1.88. The molecule has 0 aromatic heterocycles. The Kier molecular flexibility index (Phi) is 6.18. The van der Waals surface area contributed by atoms with E-state index in [2.05, 4.69) is 10.1 Å². The van der Waals surface area contributed by atoms with Gasteiger partial charge in [0.1, 0.15) is 5.84 Å². The van der Waals surface area contributed by atoms with Crippen molar-refractivity contribution in [3.8, 4) is 0 Å². The van der Waals surface area contributed by atoms with E-state index >= 15 is 0 Å². The summed E-state index contributed by atoms with van der Waals surface area (Å²) in [7, 11) is 1.71. The first-order valence-electron chi connectivity index (χ1n) is 5.94. The van der Waals surface area contributed by atoms with Crippen molar-refractivity contribution >= 4 is 5.84 Å². The zero-order valence-corrected chi connectivity index (χ0v) is 10.1. The summed E-state index contributed by atoms with van der Waals surface area (Å²) in [4.78, 5) is 2.34. The lowest BCUT2D eigenvalue weighted by molar-refractivity contribution is 0.122.